The summed E-state index contributed by atoms with van der Waals surface area (Å²) < 4.78 is 23.4. The minimum absolute atomic E-state index is 0.176. The summed E-state index contributed by atoms with van der Waals surface area (Å²) >= 11 is 0. The highest BCUT2D eigenvalue weighted by Gasteiger charge is 2.18. The maximum Gasteiger partial charge on any atom is 0.177 e. The van der Waals surface area contributed by atoms with E-state index in [1.807, 2.05) is 20.2 Å². The first kappa shape index (κ1) is 16.8. The molecule has 1 rings (SSSR count). The van der Waals surface area contributed by atoms with E-state index in [4.69, 9.17) is 5.73 Å². The van der Waals surface area contributed by atoms with E-state index in [2.05, 4.69) is 24.1 Å². The molecule has 3 N–H and O–H groups in total. The number of hydrogen-bond donors (Lipinski definition) is 2. The molecule has 0 spiro atoms. The second-order valence-corrected chi connectivity index (χ2v) is 7.73. The van der Waals surface area contributed by atoms with Crippen LogP contribution in [0.2, 0.25) is 0 Å². The summed E-state index contributed by atoms with van der Waals surface area (Å²) in [6, 6.07) is 5.26. The van der Waals surface area contributed by atoms with E-state index < -0.39 is 9.84 Å². The van der Waals surface area contributed by atoms with Crippen molar-refractivity contribution in [2.45, 2.75) is 24.8 Å². The highest BCUT2D eigenvalue weighted by atomic mass is 32.2. The Morgan fingerprint density at radius 3 is 2.35 bits per heavy atom. The Hall–Kier alpha value is -1.27. The summed E-state index contributed by atoms with van der Waals surface area (Å²) in [5.41, 5.74) is 6.96. The third kappa shape index (κ3) is 4.38. The number of para-hydroxylation sites is 1. The molecule has 0 aromatic heterocycles. The van der Waals surface area contributed by atoms with Crippen LogP contribution in [0.25, 0.3) is 0 Å². The van der Waals surface area contributed by atoms with Crippen LogP contribution < -0.4 is 11.1 Å². The number of nitrogens with one attached hydrogen (secondary N) is 1. The monoisotopic (exact) mass is 299 g/mol. The van der Waals surface area contributed by atoms with Gasteiger partial charge in [0.2, 0.25) is 0 Å². The number of likely N-dealkylation sites (N-methyl/N-ethyl adjacent to an activating group) is 1. The summed E-state index contributed by atoms with van der Waals surface area (Å²) in [6.45, 7) is 5.09. The summed E-state index contributed by atoms with van der Waals surface area (Å²) in [7, 11) is 0.704. The molecule has 0 aliphatic carbocycles. The smallest absolute Gasteiger partial charge is 0.177 e. The predicted molar refractivity (Wildman–Crippen MR) is 84.8 cm³/mol. The van der Waals surface area contributed by atoms with E-state index in [0.29, 0.717) is 17.3 Å². The minimum atomic E-state index is -3.31. The zero-order valence-corrected chi connectivity index (χ0v) is 13.7. The first-order valence-corrected chi connectivity index (χ1v) is 8.52. The average molecular weight is 299 g/mol. The third-order valence-corrected chi connectivity index (χ3v) is 4.33. The first-order chi connectivity index (χ1) is 9.12. The fourth-order valence-corrected chi connectivity index (χ4v) is 2.84. The quantitative estimate of drug-likeness (QED) is 0.782. The maximum absolute atomic E-state index is 11.7. The molecule has 6 heteroatoms. The van der Waals surface area contributed by atoms with Gasteiger partial charge in [0.15, 0.2) is 9.84 Å². The molecular weight excluding hydrogens is 274 g/mol. The van der Waals surface area contributed by atoms with Crippen LogP contribution in [0.1, 0.15) is 13.8 Å². The van der Waals surface area contributed by atoms with Crippen molar-refractivity contribution in [3.05, 3.63) is 18.2 Å². The largest absolute Gasteiger partial charge is 0.396 e. The lowest BCUT2D eigenvalue weighted by molar-refractivity contribution is 0.344. The van der Waals surface area contributed by atoms with Crippen molar-refractivity contribution >= 4 is 21.2 Å². The molecule has 0 saturated carbocycles. The van der Waals surface area contributed by atoms with E-state index in [0.717, 1.165) is 6.54 Å². The Labute approximate surface area is 122 Å². The van der Waals surface area contributed by atoms with Gasteiger partial charge in [0.1, 0.15) is 0 Å². The number of nitrogens with two attached hydrogens (primary N) is 1. The van der Waals surface area contributed by atoms with Crippen LogP contribution in [0, 0.1) is 5.92 Å². The Morgan fingerprint density at radius 1 is 1.30 bits per heavy atom. The molecule has 5 nitrogen and oxygen atoms in total. The fourth-order valence-electron chi connectivity index (χ4n) is 2.01. The van der Waals surface area contributed by atoms with Crippen molar-refractivity contribution in [1.82, 2.24) is 4.90 Å². The van der Waals surface area contributed by atoms with E-state index >= 15 is 0 Å². The molecule has 0 bridgehead atoms. The Kier molecular flexibility index (Phi) is 5.42. The van der Waals surface area contributed by atoms with Gasteiger partial charge in [-0.05, 0) is 32.1 Å². The van der Waals surface area contributed by atoms with Crippen molar-refractivity contribution in [2.24, 2.45) is 5.92 Å². The lowest BCUT2D eigenvalue weighted by atomic mass is 10.0. The van der Waals surface area contributed by atoms with Crippen LogP contribution in [-0.2, 0) is 9.84 Å². The molecule has 1 aromatic carbocycles. The number of anilines is 2. The summed E-state index contributed by atoms with van der Waals surface area (Å²) in [4.78, 5) is 2.27. The van der Waals surface area contributed by atoms with Gasteiger partial charge in [0.25, 0.3) is 0 Å². The van der Waals surface area contributed by atoms with Gasteiger partial charge in [-0.15, -0.1) is 0 Å². The molecule has 1 unspecified atom stereocenters. The standard InChI is InChI=1S/C14H25N3O2S/c1-10(2)12(9-17(3)4)16-11-7-6-8-13(14(11)15)20(5,18)19/h6-8,10,12,16H,9,15H2,1-5H3. The molecule has 0 amide bonds. The van der Waals surface area contributed by atoms with Crippen LogP contribution in [0.5, 0.6) is 0 Å². The number of sulfone groups is 1. The molecular formula is C14H25N3O2S. The number of benzene rings is 1. The van der Waals surface area contributed by atoms with Crippen molar-refractivity contribution in [2.75, 3.05) is 37.9 Å². The maximum atomic E-state index is 11.7. The van der Waals surface area contributed by atoms with Crippen LogP contribution in [-0.4, -0.2) is 46.3 Å². The molecule has 0 aliphatic heterocycles. The Morgan fingerprint density at radius 2 is 1.90 bits per heavy atom. The van der Waals surface area contributed by atoms with Gasteiger partial charge in [-0.25, -0.2) is 8.42 Å². The van der Waals surface area contributed by atoms with Crippen LogP contribution >= 0.6 is 0 Å². The molecule has 0 saturated heterocycles. The highest BCUT2D eigenvalue weighted by Crippen LogP contribution is 2.28. The third-order valence-electron chi connectivity index (χ3n) is 3.17. The second-order valence-electron chi connectivity index (χ2n) is 5.75. The van der Waals surface area contributed by atoms with E-state index in [1.54, 1.807) is 6.07 Å². The van der Waals surface area contributed by atoms with Gasteiger partial charge < -0.3 is 16.0 Å². The SMILES string of the molecule is CC(C)C(CN(C)C)Nc1cccc(S(C)(=O)=O)c1N. The first-order valence-electron chi connectivity index (χ1n) is 6.62. The number of rotatable bonds is 6. The lowest BCUT2D eigenvalue weighted by Gasteiger charge is -2.27. The van der Waals surface area contributed by atoms with Gasteiger partial charge in [-0.3, -0.25) is 0 Å². The van der Waals surface area contributed by atoms with Crippen molar-refractivity contribution in [1.29, 1.82) is 0 Å². The number of nitrogen functional groups attached to an aromatic ring is 1. The van der Waals surface area contributed by atoms with Crippen molar-refractivity contribution < 1.29 is 8.42 Å². The molecule has 0 fully saturated rings. The topological polar surface area (TPSA) is 75.4 Å². The molecule has 0 aliphatic rings. The van der Waals surface area contributed by atoms with Crippen molar-refractivity contribution in [3.8, 4) is 0 Å². The minimum Gasteiger partial charge on any atom is -0.396 e. The van der Waals surface area contributed by atoms with E-state index in [-0.39, 0.29) is 10.9 Å². The number of hydrogen-bond acceptors (Lipinski definition) is 5. The molecule has 0 radical (unpaired) electrons. The van der Waals surface area contributed by atoms with Crippen LogP contribution in [0.15, 0.2) is 23.1 Å². The summed E-state index contributed by atoms with van der Waals surface area (Å²) in [5, 5.41) is 3.36. The Balaban J connectivity index is 3.08. The average Bonchev–Trinajstić information content (AvgIpc) is 2.28. The molecule has 1 aromatic rings. The fraction of sp³-hybridized carbons (Fsp3) is 0.571. The summed E-state index contributed by atoms with van der Waals surface area (Å²) in [6.07, 6.45) is 1.17. The van der Waals surface area contributed by atoms with Crippen LogP contribution in [0.4, 0.5) is 11.4 Å². The van der Waals surface area contributed by atoms with Crippen LogP contribution in [0.3, 0.4) is 0 Å². The van der Waals surface area contributed by atoms with Gasteiger partial charge >= 0.3 is 0 Å². The zero-order valence-electron chi connectivity index (χ0n) is 12.8. The number of nitrogens with zero attached hydrogens (tertiary/aromatic N) is 1. The molecule has 114 valence electrons. The zero-order chi connectivity index (χ0) is 15.5. The second kappa shape index (κ2) is 6.45. The molecule has 0 heterocycles. The molecule has 1 atom stereocenters. The van der Waals surface area contributed by atoms with Crippen molar-refractivity contribution in [3.63, 3.8) is 0 Å². The van der Waals surface area contributed by atoms with E-state index in [1.165, 1.54) is 12.3 Å². The Bertz CT molecular complexity index is 554. The van der Waals surface area contributed by atoms with Gasteiger partial charge in [-0.2, -0.15) is 0 Å². The highest BCUT2D eigenvalue weighted by molar-refractivity contribution is 7.90. The lowest BCUT2D eigenvalue weighted by Crippen LogP contribution is -2.36. The van der Waals surface area contributed by atoms with Gasteiger partial charge in [0.05, 0.1) is 16.3 Å². The van der Waals surface area contributed by atoms with Gasteiger partial charge in [-0.1, -0.05) is 19.9 Å². The molecule has 20 heavy (non-hydrogen) atoms. The predicted octanol–water partition coefficient (Wildman–Crippen LogP) is 1.67. The van der Waals surface area contributed by atoms with Gasteiger partial charge in [0, 0.05) is 18.8 Å². The van der Waals surface area contributed by atoms with E-state index in [9.17, 15) is 8.42 Å². The normalized spacial score (nSPS) is 13.8. The summed E-state index contributed by atoms with van der Waals surface area (Å²) in [5.74, 6) is 0.402.